The smallest absolute Gasteiger partial charge is 0.187 e. The van der Waals surface area contributed by atoms with Gasteiger partial charge in [0.1, 0.15) is 48.8 Å². The lowest BCUT2D eigenvalue weighted by Crippen LogP contribution is -2.65. The van der Waals surface area contributed by atoms with Crippen LogP contribution >= 0.6 is 0 Å². The molecule has 8 rings (SSSR count). The minimum absolute atomic E-state index is 0.188. The van der Waals surface area contributed by atoms with Gasteiger partial charge in [-0.2, -0.15) is 0 Å². The van der Waals surface area contributed by atoms with Crippen molar-refractivity contribution >= 4 is 0 Å². The Morgan fingerprint density at radius 3 is 2.08 bits per heavy atom. The highest BCUT2D eigenvalue weighted by atomic mass is 16.7. The zero-order valence-corrected chi connectivity index (χ0v) is 31.2. The monoisotopic (exact) mass is 740 g/mol. The molecule has 8 fully saturated rings. The van der Waals surface area contributed by atoms with Crippen LogP contribution in [0.1, 0.15) is 91.9 Å². The number of rotatable bonds is 6. The second-order valence-electron chi connectivity index (χ2n) is 18.7. The van der Waals surface area contributed by atoms with Crippen LogP contribution < -0.4 is 0 Å². The lowest BCUT2D eigenvalue weighted by atomic mass is 9.44. The molecule has 0 aromatic rings. The van der Waals surface area contributed by atoms with Crippen molar-refractivity contribution in [1.29, 1.82) is 0 Å². The van der Waals surface area contributed by atoms with Crippen LogP contribution in [0.3, 0.4) is 0 Å². The van der Waals surface area contributed by atoms with E-state index in [2.05, 4.69) is 27.7 Å². The van der Waals surface area contributed by atoms with E-state index in [1.54, 1.807) is 0 Å². The molecule has 0 aromatic heterocycles. The van der Waals surface area contributed by atoms with E-state index in [1.807, 2.05) is 0 Å². The third-order valence-electron chi connectivity index (χ3n) is 16.2. The Kier molecular flexibility index (Phi) is 10.4. The van der Waals surface area contributed by atoms with Gasteiger partial charge in [0, 0.05) is 12.3 Å². The summed E-state index contributed by atoms with van der Waals surface area (Å²) in [7, 11) is 0. The van der Waals surface area contributed by atoms with E-state index in [0.29, 0.717) is 41.4 Å². The van der Waals surface area contributed by atoms with Crippen molar-refractivity contribution in [3.05, 3.63) is 0 Å². The molecule has 13 heteroatoms. The van der Waals surface area contributed by atoms with Gasteiger partial charge in [0.25, 0.3) is 0 Å². The summed E-state index contributed by atoms with van der Waals surface area (Å²) < 4.78 is 37.0. The number of fused-ring (bicyclic) bond motifs is 7. The molecule has 13 nitrogen and oxygen atoms in total. The van der Waals surface area contributed by atoms with Crippen LogP contribution in [0.4, 0.5) is 0 Å². The fourth-order valence-electron chi connectivity index (χ4n) is 13.2. The maximum Gasteiger partial charge on any atom is 0.187 e. The summed E-state index contributed by atoms with van der Waals surface area (Å²) >= 11 is 0. The lowest BCUT2D eigenvalue weighted by Gasteiger charge is -2.61. The van der Waals surface area contributed by atoms with E-state index in [0.717, 1.165) is 45.1 Å². The highest BCUT2D eigenvalue weighted by Crippen LogP contribution is 2.71. The summed E-state index contributed by atoms with van der Waals surface area (Å²) in [5, 5.41) is 72.8. The Bertz CT molecular complexity index is 1260. The first-order chi connectivity index (χ1) is 24.7. The van der Waals surface area contributed by atoms with Crippen LogP contribution in [-0.4, -0.2) is 135 Å². The first-order valence-corrected chi connectivity index (χ1v) is 20.3. The van der Waals surface area contributed by atoms with Crippen molar-refractivity contribution in [1.82, 2.24) is 0 Å². The van der Waals surface area contributed by atoms with Crippen LogP contribution in [0.5, 0.6) is 0 Å². The predicted molar refractivity (Wildman–Crippen MR) is 183 cm³/mol. The second-order valence-corrected chi connectivity index (χ2v) is 18.7. The molecule has 0 aromatic carbocycles. The second kappa shape index (κ2) is 14.1. The standard InChI is InChI=1S/C39H64O13/c1-18-7-12-39(47-17-18)19(2)28-25(52-39)14-24-22-6-5-20-13-21(8-10-37(20,3)23(22)9-11-38(24,28)4)48-35-33(46)31(44)34(27(16-41)50-35)51-36-32(45)30(43)29(42)26(15-40)49-36/h18-36,40-46H,5-17H2,1-4H3/t18-,19+,20+,21?,22-,23+,24+,25+,26-,27-,28+,29-,30+,31-,32-,33-,34?,35-,36+,37+,38+,39-/m1/s1. The van der Waals surface area contributed by atoms with E-state index in [-0.39, 0.29) is 23.0 Å². The average Bonchev–Trinajstić information content (AvgIpc) is 3.58. The molecule has 0 bridgehead atoms. The largest absolute Gasteiger partial charge is 0.394 e. The normalized spacial score (nSPS) is 59.0. The van der Waals surface area contributed by atoms with Crippen molar-refractivity contribution in [3.63, 3.8) is 0 Å². The zero-order valence-electron chi connectivity index (χ0n) is 31.2. The molecule has 4 saturated carbocycles. The molecule has 0 amide bonds. The molecule has 0 radical (unpaired) electrons. The lowest BCUT2D eigenvalue weighted by molar-refractivity contribution is -0.364. The first-order valence-electron chi connectivity index (χ1n) is 20.3. The van der Waals surface area contributed by atoms with E-state index < -0.39 is 80.4 Å². The quantitative estimate of drug-likeness (QED) is 0.194. The molecule has 4 aliphatic carbocycles. The molecule has 52 heavy (non-hydrogen) atoms. The number of hydrogen-bond donors (Lipinski definition) is 7. The number of aliphatic hydroxyl groups excluding tert-OH is 7. The Morgan fingerprint density at radius 2 is 1.37 bits per heavy atom. The summed E-state index contributed by atoms with van der Waals surface area (Å²) in [5.41, 5.74) is 0.468. The Hall–Kier alpha value is -0.520. The SMILES string of the molecule is C[C@@H]1CC[C@@]2(OC1)O[C@H]1C[C@H]3[C@@H]4CC[C@H]5CC(O[C@@H]6O[C@H](CO)C(O[C@@H]7O[C@H](CO)[C@@H](O)[C@H](O)[C@H]7O)[C@H](O)[C@H]6O)CC[C@]5(C)[C@H]4CC[C@]3(C)[C@H]1[C@@H]2C. The summed E-state index contributed by atoms with van der Waals surface area (Å²) in [4.78, 5) is 0. The van der Waals surface area contributed by atoms with Crippen LogP contribution in [0.25, 0.3) is 0 Å². The van der Waals surface area contributed by atoms with Crippen molar-refractivity contribution in [2.75, 3.05) is 19.8 Å². The van der Waals surface area contributed by atoms with Crippen LogP contribution in [0, 0.1) is 52.3 Å². The minimum atomic E-state index is -1.71. The van der Waals surface area contributed by atoms with Crippen molar-refractivity contribution in [3.8, 4) is 0 Å². The maximum absolute atomic E-state index is 11.2. The number of ether oxygens (including phenoxy) is 6. The van der Waals surface area contributed by atoms with Gasteiger partial charge in [-0.3, -0.25) is 0 Å². The van der Waals surface area contributed by atoms with Gasteiger partial charge in [-0.15, -0.1) is 0 Å². The molecular formula is C39H64O13. The fourth-order valence-corrected chi connectivity index (χ4v) is 13.2. The number of aliphatic hydroxyl groups is 7. The van der Waals surface area contributed by atoms with Crippen LogP contribution in [0.15, 0.2) is 0 Å². The van der Waals surface area contributed by atoms with Gasteiger partial charge in [-0.25, -0.2) is 0 Å². The molecule has 2 unspecified atom stereocenters. The molecule has 1 spiro atoms. The van der Waals surface area contributed by atoms with Crippen molar-refractivity contribution in [2.45, 2.75) is 171 Å². The molecule has 4 saturated heterocycles. The molecule has 7 N–H and O–H groups in total. The van der Waals surface area contributed by atoms with E-state index in [1.165, 1.54) is 25.7 Å². The van der Waals surface area contributed by atoms with Crippen LogP contribution in [-0.2, 0) is 28.4 Å². The highest BCUT2D eigenvalue weighted by Gasteiger charge is 2.69. The van der Waals surface area contributed by atoms with Gasteiger partial charge in [-0.1, -0.05) is 27.7 Å². The van der Waals surface area contributed by atoms with Gasteiger partial charge in [0.15, 0.2) is 18.4 Å². The first kappa shape index (κ1) is 38.4. The third kappa shape index (κ3) is 5.98. The molecular weight excluding hydrogens is 676 g/mol. The summed E-state index contributed by atoms with van der Waals surface area (Å²) in [5.74, 6) is 3.63. The van der Waals surface area contributed by atoms with E-state index in [9.17, 15) is 35.7 Å². The molecule has 22 atom stereocenters. The number of hydrogen-bond acceptors (Lipinski definition) is 13. The Labute approximate surface area is 307 Å². The molecule has 4 heterocycles. The van der Waals surface area contributed by atoms with Gasteiger partial charge < -0.3 is 64.2 Å². The average molecular weight is 741 g/mol. The van der Waals surface area contributed by atoms with Crippen molar-refractivity contribution in [2.24, 2.45) is 52.3 Å². The van der Waals surface area contributed by atoms with Gasteiger partial charge in [-0.05, 0) is 104 Å². The van der Waals surface area contributed by atoms with Gasteiger partial charge >= 0.3 is 0 Å². The Morgan fingerprint density at radius 1 is 0.673 bits per heavy atom. The van der Waals surface area contributed by atoms with Crippen molar-refractivity contribution < 1.29 is 64.2 Å². The molecule has 298 valence electrons. The van der Waals surface area contributed by atoms with E-state index in [4.69, 9.17) is 28.4 Å². The summed E-state index contributed by atoms with van der Waals surface area (Å²) in [6.45, 7) is 9.33. The highest BCUT2D eigenvalue weighted by molar-refractivity contribution is 5.15. The predicted octanol–water partition coefficient (Wildman–Crippen LogP) is 1.44. The third-order valence-corrected chi connectivity index (χ3v) is 16.2. The molecule has 8 aliphatic rings. The fraction of sp³-hybridized carbons (Fsp3) is 1.00. The van der Waals surface area contributed by atoms with E-state index >= 15 is 0 Å². The summed E-state index contributed by atoms with van der Waals surface area (Å²) in [6.07, 6.45) is -3.66. The zero-order chi connectivity index (χ0) is 36.9. The Balaban J connectivity index is 0.892. The summed E-state index contributed by atoms with van der Waals surface area (Å²) in [6, 6.07) is 0. The topological polar surface area (TPSA) is 197 Å². The minimum Gasteiger partial charge on any atom is -0.394 e. The maximum atomic E-state index is 11.2. The van der Waals surface area contributed by atoms with Crippen LogP contribution in [0.2, 0.25) is 0 Å². The van der Waals surface area contributed by atoms with Gasteiger partial charge in [0.2, 0.25) is 0 Å². The molecule has 4 aliphatic heterocycles. The van der Waals surface area contributed by atoms with Gasteiger partial charge in [0.05, 0.1) is 32.0 Å².